The summed E-state index contributed by atoms with van der Waals surface area (Å²) in [6.07, 6.45) is -4.62. The molecule has 186 valence electrons. The minimum atomic E-state index is -4.62. The largest absolute Gasteiger partial charge is 0.480 e. The predicted octanol–water partition coefficient (Wildman–Crippen LogP) is 6.05. The molecule has 1 heterocycles. The maximum Gasteiger partial charge on any atom is 0.417 e. The lowest BCUT2D eigenvalue weighted by molar-refractivity contribution is -0.138. The summed E-state index contributed by atoms with van der Waals surface area (Å²) in [5.41, 5.74) is 0.977. The van der Waals surface area contributed by atoms with Gasteiger partial charge in [0.1, 0.15) is 5.82 Å². The Morgan fingerprint density at radius 1 is 1.03 bits per heavy atom. The van der Waals surface area contributed by atoms with E-state index < -0.39 is 23.5 Å². The lowest BCUT2D eigenvalue weighted by atomic mass is 9.94. The summed E-state index contributed by atoms with van der Waals surface area (Å²) in [5, 5.41) is 12.6. The van der Waals surface area contributed by atoms with Crippen LogP contribution < -0.4 is 0 Å². The smallest absolute Gasteiger partial charge is 0.417 e. The van der Waals surface area contributed by atoms with Gasteiger partial charge in [0.25, 0.3) is 5.89 Å². The topological polar surface area (TPSA) is 79.5 Å². The lowest BCUT2D eigenvalue weighted by Gasteiger charge is -2.15. The van der Waals surface area contributed by atoms with Crippen LogP contribution in [0, 0.1) is 12.7 Å². The van der Waals surface area contributed by atoms with E-state index in [-0.39, 0.29) is 47.1 Å². The van der Waals surface area contributed by atoms with Gasteiger partial charge in [0.2, 0.25) is 5.82 Å². The van der Waals surface area contributed by atoms with Gasteiger partial charge in [-0.3, -0.25) is 9.69 Å². The first-order chi connectivity index (χ1) is 17.0. The van der Waals surface area contributed by atoms with Gasteiger partial charge < -0.3 is 9.63 Å². The van der Waals surface area contributed by atoms with Gasteiger partial charge in [-0.2, -0.15) is 18.2 Å². The van der Waals surface area contributed by atoms with Crippen LogP contribution in [0.3, 0.4) is 0 Å². The molecular formula is C26H21F4N3O3. The molecule has 0 amide bonds. The molecule has 0 bridgehead atoms. The van der Waals surface area contributed by atoms with Crippen LogP contribution >= 0.6 is 0 Å². The van der Waals surface area contributed by atoms with Crippen LogP contribution in [0.15, 0.2) is 65.2 Å². The normalized spacial score (nSPS) is 11.8. The molecule has 10 heteroatoms. The van der Waals surface area contributed by atoms with E-state index in [1.165, 1.54) is 35.2 Å². The molecule has 0 aliphatic heterocycles. The van der Waals surface area contributed by atoms with Crippen molar-refractivity contribution in [2.75, 3.05) is 13.6 Å². The Morgan fingerprint density at radius 3 is 2.42 bits per heavy atom. The van der Waals surface area contributed by atoms with Crippen LogP contribution in [0.2, 0.25) is 0 Å². The number of carbonyl (C=O) groups is 1. The van der Waals surface area contributed by atoms with E-state index in [4.69, 9.17) is 9.63 Å². The van der Waals surface area contributed by atoms with E-state index in [9.17, 15) is 22.4 Å². The van der Waals surface area contributed by atoms with E-state index in [0.717, 1.165) is 6.07 Å². The Morgan fingerprint density at radius 2 is 1.75 bits per heavy atom. The second-order valence-electron chi connectivity index (χ2n) is 8.37. The van der Waals surface area contributed by atoms with Crippen molar-refractivity contribution in [2.45, 2.75) is 19.6 Å². The highest BCUT2D eigenvalue weighted by atomic mass is 19.4. The molecule has 0 spiro atoms. The molecule has 0 radical (unpaired) electrons. The number of hydrogen-bond donors (Lipinski definition) is 1. The number of carboxylic acid groups (broad SMARTS) is 1. The number of alkyl halides is 3. The molecule has 0 fully saturated rings. The number of aliphatic carboxylic acids is 1. The van der Waals surface area contributed by atoms with Gasteiger partial charge in [-0.15, -0.1) is 0 Å². The highest BCUT2D eigenvalue weighted by molar-refractivity contribution is 5.74. The van der Waals surface area contributed by atoms with Crippen LogP contribution in [0.1, 0.15) is 16.7 Å². The zero-order valence-electron chi connectivity index (χ0n) is 19.3. The Balaban J connectivity index is 1.64. The predicted molar refractivity (Wildman–Crippen MR) is 124 cm³/mol. The van der Waals surface area contributed by atoms with Gasteiger partial charge in [0, 0.05) is 23.2 Å². The quantitative estimate of drug-likeness (QED) is 0.313. The van der Waals surface area contributed by atoms with Crippen molar-refractivity contribution in [3.05, 3.63) is 83.2 Å². The van der Waals surface area contributed by atoms with Gasteiger partial charge in [-0.25, -0.2) is 4.39 Å². The summed E-state index contributed by atoms with van der Waals surface area (Å²) in [7, 11) is 1.55. The molecule has 0 unspecified atom stereocenters. The minimum Gasteiger partial charge on any atom is -0.480 e. The van der Waals surface area contributed by atoms with Crippen molar-refractivity contribution < 1.29 is 32.0 Å². The number of rotatable bonds is 7. The highest BCUT2D eigenvalue weighted by Gasteiger charge is 2.34. The second-order valence-corrected chi connectivity index (χ2v) is 8.37. The molecule has 0 saturated heterocycles. The fourth-order valence-electron chi connectivity index (χ4n) is 3.87. The average molecular weight is 498 g/mol. The molecular weight excluding hydrogens is 477 g/mol. The van der Waals surface area contributed by atoms with Crippen LogP contribution in [0.25, 0.3) is 34.0 Å². The maximum atomic E-state index is 14.6. The lowest BCUT2D eigenvalue weighted by Crippen LogP contribution is -2.25. The first kappa shape index (κ1) is 25.1. The van der Waals surface area contributed by atoms with Crippen molar-refractivity contribution in [3.8, 4) is 34.0 Å². The number of likely N-dealkylation sites (N-methyl/N-ethyl adjacent to an activating group) is 1. The fraction of sp³-hybridized carbons (Fsp3) is 0.192. The summed E-state index contributed by atoms with van der Waals surface area (Å²) in [4.78, 5) is 16.4. The molecule has 4 rings (SSSR count). The second kappa shape index (κ2) is 9.90. The molecule has 3 aromatic carbocycles. The monoisotopic (exact) mass is 498 g/mol. The summed E-state index contributed by atoms with van der Waals surface area (Å²) >= 11 is 0. The van der Waals surface area contributed by atoms with Crippen LogP contribution in [-0.2, 0) is 17.5 Å². The zero-order chi connectivity index (χ0) is 26.0. The third kappa shape index (κ3) is 5.44. The molecule has 0 aliphatic carbocycles. The number of nitrogens with zero attached hydrogens (tertiary/aromatic N) is 3. The average Bonchev–Trinajstić information content (AvgIpc) is 3.30. The molecule has 1 aromatic heterocycles. The van der Waals surface area contributed by atoms with E-state index in [1.807, 2.05) is 0 Å². The summed E-state index contributed by atoms with van der Waals surface area (Å²) in [5.74, 6) is -1.77. The van der Waals surface area contributed by atoms with Crippen molar-refractivity contribution in [2.24, 2.45) is 0 Å². The SMILES string of the molecule is Cc1ccccc1-c1ccc(-c2nc(-c3ccc(CN(C)CC(=O)O)c([18F])c3)no2)cc1C(F)(F)F. The Hall–Kier alpha value is -4.05. The maximum absolute atomic E-state index is 14.6. The van der Waals surface area contributed by atoms with Crippen molar-refractivity contribution >= 4 is 5.97 Å². The molecule has 6 nitrogen and oxygen atoms in total. The number of aromatic nitrogens is 2. The first-order valence-corrected chi connectivity index (χ1v) is 10.8. The van der Waals surface area contributed by atoms with E-state index >= 15 is 0 Å². The third-order valence-corrected chi connectivity index (χ3v) is 5.59. The summed E-state index contributed by atoms with van der Waals surface area (Å²) in [6, 6.07) is 14.8. The van der Waals surface area contributed by atoms with Crippen LogP contribution in [0.5, 0.6) is 0 Å². The third-order valence-electron chi connectivity index (χ3n) is 5.59. The molecule has 1 N–H and O–H groups in total. The Labute approximate surface area is 203 Å². The van der Waals surface area contributed by atoms with Gasteiger partial charge in [0.05, 0.1) is 12.1 Å². The summed E-state index contributed by atoms with van der Waals surface area (Å²) in [6.45, 7) is 1.56. The van der Waals surface area contributed by atoms with Gasteiger partial charge in [-0.1, -0.05) is 47.6 Å². The van der Waals surface area contributed by atoms with E-state index in [1.54, 1.807) is 38.2 Å². The summed E-state index contributed by atoms with van der Waals surface area (Å²) < 4.78 is 61.6. The number of carboxylic acids is 1. The Bertz CT molecular complexity index is 1420. The number of halogens is 4. The van der Waals surface area contributed by atoms with Crippen LogP contribution in [-0.4, -0.2) is 39.7 Å². The van der Waals surface area contributed by atoms with Gasteiger partial charge in [0.15, 0.2) is 0 Å². The van der Waals surface area contributed by atoms with Crippen molar-refractivity contribution in [1.29, 1.82) is 0 Å². The Kier molecular flexibility index (Phi) is 6.89. The number of aryl methyl sites for hydroxylation is 1. The van der Waals surface area contributed by atoms with E-state index in [0.29, 0.717) is 11.1 Å². The highest BCUT2D eigenvalue weighted by Crippen LogP contribution is 2.40. The molecule has 0 aliphatic rings. The minimum absolute atomic E-state index is 0.00544. The fourth-order valence-corrected chi connectivity index (χ4v) is 3.87. The van der Waals surface area contributed by atoms with Gasteiger partial charge in [-0.05, 0) is 48.9 Å². The molecule has 0 saturated carbocycles. The standard InChI is InChI=1S/C26H21F4N3O3/c1-15-5-3-4-6-19(15)20-10-9-17(11-21(20)26(28,29)30)25-31-24(32-36-25)16-7-8-18(22(27)12-16)13-33(2)14-23(34)35/h3-12H,13-14H2,1-2H3,(H,34,35)/i27-1. The first-order valence-electron chi connectivity index (χ1n) is 10.8. The van der Waals surface area contributed by atoms with Crippen molar-refractivity contribution in [3.63, 3.8) is 0 Å². The van der Waals surface area contributed by atoms with E-state index in [2.05, 4.69) is 10.1 Å². The zero-order valence-corrected chi connectivity index (χ0v) is 19.3. The molecule has 36 heavy (non-hydrogen) atoms. The number of benzene rings is 3. The van der Waals surface area contributed by atoms with Gasteiger partial charge >= 0.3 is 12.1 Å². The number of hydrogen-bond acceptors (Lipinski definition) is 5. The van der Waals surface area contributed by atoms with Crippen LogP contribution in [0.4, 0.5) is 17.6 Å². The van der Waals surface area contributed by atoms with Crippen molar-refractivity contribution in [1.82, 2.24) is 15.0 Å². The molecule has 0 atom stereocenters. The molecule has 4 aromatic rings.